The normalized spacial score (nSPS) is 12.0. The van der Waals surface area contributed by atoms with E-state index in [-0.39, 0.29) is 17.1 Å². The Morgan fingerprint density at radius 3 is 2.57 bits per heavy atom. The molecule has 2 aromatic rings. The number of halogens is 1. The van der Waals surface area contributed by atoms with E-state index in [1.165, 1.54) is 34.8 Å². The first-order chi connectivity index (χ1) is 9.73. The van der Waals surface area contributed by atoms with Gasteiger partial charge in [0.2, 0.25) is 10.0 Å². The Bertz CT molecular complexity index is 748. The van der Waals surface area contributed by atoms with Crippen molar-refractivity contribution in [3.05, 3.63) is 38.8 Å². The fourth-order valence-electron chi connectivity index (χ4n) is 1.86. The van der Waals surface area contributed by atoms with Crippen molar-refractivity contribution in [3.8, 4) is 0 Å². The number of nitrogen functional groups attached to an aromatic ring is 1. The molecule has 0 amide bonds. The molecule has 8 heteroatoms. The minimum Gasteiger partial charge on any atom is -0.397 e. The first-order valence-corrected chi connectivity index (χ1v) is 8.84. The second kappa shape index (κ2) is 5.92. The average Bonchev–Trinajstić information content (AvgIpc) is 2.80. The molecule has 5 nitrogen and oxygen atoms in total. The van der Waals surface area contributed by atoms with Crippen molar-refractivity contribution in [2.45, 2.75) is 25.3 Å². The number of nitrogens with zero attached hydrogens (tertiary/aromatic N) is 2. The zero-order chi connectivity index (χ0) is 15.8. The van der Waals surface area contributed by atoms with Crippen LogP contribution in [-0.2, 0) is 16.6 Å². The monoisotopic (exact) mass is 345 g/mol. The molecule has 1 aromatic heterocycles. The van der Waals surface area contributed by atoms with Gasteiger partial charge >= 0.3 is 0 Å². The van der Waals surface area contributed by atoms with E-state index in [9.17, 15) is 8.42 Å². The molecular weight excluding hydrogens is 330 g/mol. The summed E-state index contributed by atoms with van der Waals surface area (Å²) in [5.41, 5.74) is 9.20. The Morgan fingerprint density at radius 2 is 2.05 bits per heavy atom. The van der Waals surface area contributed by atoms with Crippen LogP contribution in [0.1, 0.15) is 16.1 Å². The Morgan fingerprint density at radius 1 is 1.38 bits per heavy atom. The Kier molecular flexibility index (Phi) is 4.57. The quantitative estimate of drug-likeness (QED) is 0.864. The molecule has 114 valence electrons. The number of thiazole rings is 1. The van der Waals surface area contributed by atoms with Crippen LogP contribution < -0.4 is 5.73 Å². The van der Waals surface area contributed by atoms with E-state index >= 15 is 0 Å². The third kappa shape index (κ3) is 3.21. The molecular formula is C13H16ClN3O2S2. The smallest absolute Gasteiger partial charge is 0.243 e. The Hall–Kier alpha value is -1.15. The molecule has 0 atom stereocenters. The van der Waals surface area contributed by atoms with Crippen molar-refractivity contribution in [1.82, 2.24) is 9.29 Å². The molecule has 0 aliphatic heterocycles. The summed E-state index contributed by atoms with van der Waals surface area (Å²) in [5, 5.41) is 0.384. The van der Waals surface area contributed by atoms with E-state index in [1.807, 2.05) is 6.92 Å². The van der Waals surface area contributed by atoms with E-state index in [0.29, 0.717) is 10.6 Å². The molecule has 0 spiro atoms. The third-order valence-electron chi connectivity index (χ3n) is 3.18. The highest BCUT2D eigenvalue weighted by atomic mass is 35.5. The highest BCUT2D eigenvalue weighted by Crippen LogP contribution is 2.28. The standard InChI is InChI=1S/C13H16ClN3O2S2/c1-8-4-10(5-11(15)13(8)14)21(18,19)17(3)6-12-9(2)16-7-20-12/h4-5,7H,6,15H2,1-3H3. The van der Waals surface area contributed by atoms with Gasteiger partial charge in [0.1, 0.15) is 0 Å². The van der Waals surface area contributed by atoms with Crippen LogP contribution in [0.4, 0.5) is 5.69 Å². The van der Waals surface area contributed by atoms with Crippen molar-refractivity contribution >= 4 is 38.6 Å². The van der Waals surface area contributed by atoms with E-state index in [1.54, 1.807) is 12.4 Å². The van der Waals surface area contributed by atoms with E-state index in [0.717, 1.165) is 10.6 Å². The Balaban J connectivity index is 2.35. The first kappa shape index (κ1) is 16.2. The summed E-state index contributed by atoms with van der Waals surface area (Å²) in [6.45, 7) is 3.86. The molecule has 2 N–H and O–H groups in total. The molecule has 0 bridgehead atoms. The van der Waals surface area contributed by atoms with Crippen LogP contribution in [0.25, 0.3) is 0 Å². The molecule has 1 aromatic carbocycles. The lowest BCUT2D eigenvalue weighted by Crippen LogP contribution is -2.26. The number of sulfonamides is 1. The third-order valence-corrected chi connectivity index (χ3v) is 6.39. The van der Waals surface area contributed by atoms with Gasteiger partial charge in [0, 0.05) is 18.5 Å². The van der Waals surface area contributed by atoms with E-state index < -0.39 is 10.0 Å². The number of aryl methyl sites for hydroxylation is 2. The summed E-state index contributed by atoms with van der Waals surface area (Å²) in [6.07, 6.45) is 0. The number of anilines is 1. The van der Waals surface area contributed by atoms with Crippen LogP contribution >= 0.6 is 22.9 Å². The van der Waals surface area contributed by atoms with Gasteiger partial charge in [-0.1, -0.05) is 11.6 Å². The van der Waals surface area contributed by atoms with Crippen LogP contribution in [0.15, 0.2) is 22.5 Å². The molecule has 2 rings (SSSR count). The number of hydrogen-bond donors (Lipinski definition) is 1. The summed E-state index contributed by atoms with van der Waals surface area (Å²) in [5.74, 6) is 0. The molecule has 1 heterocycles. The summed E-state index contributed by atoms with van der Waals surface area (Å²) >= 11 is 7.41. The van der Waals surface area contributed by atoms with Crippen molar-refractivity contribution in [1.29, 1.82) is 0 Å². The number of rotatable bonds is 4. The fourth-order valence-corrected chi connectivity index (χ4v) is 4.14. The van der Waals surface area contributed by atoms with Gasteiger partial charge in [-0.05, 0) is 31.5 Å². The number of nitrogens with two attached hydrogens (primary N) is 1. The van der Waals surface area contributed by atoms with Crippen LogP contribution in [0.2, 0.25) is 5.02 Å². The first-order valence-electron chi connectivity index (χ1n) is 6.14. The average molecular weight is 346 g/mol. The molecule has 0 aliphatic rings. The topological polar surface area (TPSA) is 76.3 Å². The maximum atomic E-state index is 12.6. The lowest BCUT2D eigenvalue weighted by Gasteiger charge is -2.18. The largest absolute Gasteiger partial charge is 0.397 e. The molecule has 0 saturated heterocycles. The van der Waals surface area contributed by atoms with Gasteiger partial charge in [0.15, 0.2) is 0 Å². The summed E-state index contributed by atoms with van der Waals surface area (Å²) in [6, 6.07) is 2.92. The van der Waals surface area contributed by atoms with Crippen LogP contribution in [-0.4, -0.2) is 24.8 Å². The van der Waals surface area contributed by atoms with Gasteiger partial charge in [0.05, 0.1) is 26.8 Å². The van der Waals surface area contributed by atoms with Gasteiger partial charge < -0.3 is 5.73 Å². The second-order valence-corrected chi connectivity index (χ2v) is 8.13. The number of aromatic nitrogens is 1. The van der Waals surface area contributed by atoms with Crippen LogP contribution in [0, 0.1) is 13.8 Å². The lowest BCUT2D eigenvalue weighted by molar-refractivity contribution is 0.468. The summed E-state index contributed by atoms with van der Waals surface area (Å²) in [7, 11) is -2.08. The van der Waals surface area contributed by atoms with Crippen molar-refractivity contribution < 1.29 is 8.42 Å². The van der Waals surface area contributed by atoms with Gasteiger partial charge in [-0.25, -0.2) is 13.4 Å². The predicted octanol–water partition coefficient (Wildman–Crippen LogP) is 2.82. The lowest BCUT2D eigenvalue weighted by atomic mass is 10.2. The minimum absolute atomic E-state index is 0.145. The van der Waals surface area contributed by atoms with Gasteiger partial charge in [-0.15, -0.1) is 11.3 Å². The maximum Gasteiger partial charge on any atom is 0.243 e. The zero-order valence-corrected chi connectivity index (χ0v) is 14.3. The van der Waals surface area contributed by atoms with Crippen LogP contribution in [0.3, 0.4) is 0 Å². The molecule has 0 aliphatic carbocycles. The van der Waals surface area contributed by atoms with Gasteiger partial charge in [-0.3, -0.25) is 0 Å². The predicted molar refractivity (Wildman–Crippen MR) is 86.1 cm³/mol. The molecule has 0 unspecified atom stereocenters. The summed E-state index contributed by atoms with van der Waals surface area (Å²) in [4.78, 5) is 5.19. The SMILES string of the molecule is Cc1cc(S(=O)(=O)N(C)Cc2scnc2C)cc(N)c1Cl. The van der Waals surface area contributed by atoms with Crippen molar-refractivity contribution in [3.63, 3.8) is 0 Å². The zero-order valence-electron chi connectivity index (χ0n) is 11.9. The molecule has 0 radical (unpaired) electrons. The number of benzene rings is 1. The Labute approximate surface area is 133 Å². The number of hydrogen-bond acceptors (Lipinski definition) is 5. The van der Waals surface area contributed by atoms with Gasteiger partial charge in [0.25, 0.3) is 0 Å². The summed E-state index contributed by atoms with van der Waals surface area (Å²) < 4.78 is 26.5. The fraction of sp³-hybridized carbons (Fsp3) is 0.308. The molecule has 0 saturated carbocycles. The second-order valence-electron chi connectivity index (χ2n) is 4.77. The van der Waals surface area contributed by atoms with E-state index in [2.05, 4.69) is 4.98 Å². The highest BCUT2D eigenvalue weighted by molar-refractivity contribution is 7.89. The maximum absolute atomic E-state index is 12.6. The molecule has 21 heavy (non-hydrogen) atoms. The van der Waals surface area contributed by atoms with Crippen LogP contribution in [0.5, 0.6) is 0 Å². The highest BCUT2D eigenvalue weighted by Gasteiger charge is 2.23. The van der Waals surface area contributed by atoms with Gasteiger partial charge in [-0.2, -0.15) is 4.31 Å². The van der Waals surface area contributed by atoms with E-state index in [4.69, 9.17) is 17.3 Å². The van der Waals surface area contributed by atoms with Crippen molar-refractivity contribution in [2.24, 2.45) is 0 Å². The molecule has 0 fully saturated rings. The van der Waals surface area contributed by atoms with Crippen molar-refractivity contribution in [2.75, 3.05) is 12.8 Å². The minimum atomic E-state index is -3.62.